The molecule has 1 heterocycles. The lowest BCUT2D eigenvalue weighted by Crippen LogP contribution is -2.26. The van der Waals surface area contributed by atoms with Gasteiger partial charge in [-0.05, 0) is 35.9 Å². The Bertz CT molecular complexity index is 735. The fourth-order valence-corrected chi connectivity index (χ4v) is 2.50. The molecule has 2 aromatic carbocycles. The van der Waals surface area contributed by atoms with Crippen molar-refractivity contribution >= 4 is 17.5 Å². The molecule has 1 aliphatic heterocycles. The van der Waals surface area contributed by atoms with Gasteiger partial charge in [-0.3, -0.25) is 4.79 Å². The van der Waals surface area contributed by atoms with E-state index in [9.17, 15) is 9.18 Å². The van der Waals surface area contributed by atoms with E-state index in [1.807, 2.05) is 12.1 Å². The molecule has 22 heavy (non-hydrogen) atoms. The largest absolute Gasteiger partial charge is 0.454 e. The zero-order valence-corrected chi connectivity index (χ0v) is 12.6. The molecule has 0 saturated carbocycles. The van der Waals surface area contributed by atoms with Gasteiger partial charge in [-0.15, -0.1) is 0 Å². The molecular weight excluding hydrogens is 309 g/mol. The Hall–Kier alpha value is -2.27. The number of hydrogen-bond donors (Lipinski definition) is 0. The molecule has 0 unspecified atom stereocenters. The van der Waals surface area contributed by atoms with Crippen LogP contribution in [0.5, 0.6) is 11.5 Å². The van der Waals surface area contributed by atoms with Crippen LogP contribution in [-0.2, 0) is 6.54 Å². The Morgan fingerprint density at radius 3 is 2.77 bits per heavy atom. The van der Waals surface area contributed by atoms with E-state index in [4.69, 9.17) is 21.1 Å². The van der Waals surface area contributed by atoms with Crippen molar-refractivity contribution in [2.24, 2.45) is 0 Å². The van der Waals surface area contributed by atoms with Crippen LogP contribution in [0.15, 0.2) is 36.4 Å². The van der Waals surface area contributed by atoms with Crippen LogP contribution in [0, 0.1) is 5.82 Å². The first-order valence-electron chi connectivity index (χ1n) is 6.63. The molecule has 0 radical (unpaired) electrons. The zero-order valence-electron chi connectivity index (χ0n) is 11.8. The highest BCUT2D eigenvalue weighted by Crippen LogP contribution is 2.32. The maximum Gasteiger partial charge on any atom is 0.255 e. The monoisotopic (exact) mass is 321 g/mol. The standard InChI is InChI=1S/C16H13ClFNO3/c1-19(16(20)12-4-3-11(18)7-13(12)17)8-10-2-5-14-15(6-10)22-9-21-14/h2-7H,8-9H2,1H3. The molecule has 4 nitrogen and oxygen atoms in total. The molecule has 0 N–H and O–H groups in total. The van der Waals surface area contributed by atoms with Crippen LogP contribution in [0.2, 0.25) is 5.02 Å². The van der Waals surface area contributed by atoms with Crippen molar-refractivity contribution in [2.45, 2.75) is 6.54 Å². The minimum atomic E-state index is -0.472. The van der Waals surface area contributed by atoms with Gasteiger partial charge >= 0.3 is 0 Å². The number of rotatable bonds is 3. The first-order valence-corrected chi connectivity index (χ1v) is 7.01. The van der Waals surface area contributed by atoms with Gasteiger partial charge in [0.05, 0.1) is 10.6 Å². The van der Waals surface area contributed by atoms with Crippen molar-refractivity contribution in [1.82, 2.24) is 4.90 Å². The van der Waals surface area contributed by atoms with E-state index in [2.05, 4.69) is 0 Å². The van der Waals surface area contributed by atoms with Gasteiger partial charge in [0, 0.05) is 13.6 Å². The molecule has 0 aliphatic carbocycles. The number of carbonyl (C=O) groups excluding carboxylic acids is 1. The SMILES string of the molecule is CN(Cc1ccc2c(c1)OCO2)C(=O)c1ccc(F)cc1Cl. The molecule has 0 saturated heterocycles. The van der Waals surface area contributed by atoms with Gasteiger partial charge < -0.3 is 14.4 Å². The first kappa shape index (κ1) is 14.7. The molecule has 0 aromatic heterocycles. The van der Waals surface area contributed by atoms with Gasteiger partial charge in [-0.2, -0.15) is 0 Å². The number of hydrogen-bond acceptors (Lipinski definition) is 3. The molecular formula is C16H13ClFNO3. The second-order valence-electron chi connectivity index (χ2n) is 4.97. The second kappa shape index (κ2) is 5.85. The quantitative estimate of drug-likeness (QED) is 0.868. The van der Waals surface area contributed by atoms with Gasteiger partial charge in [0.2, 0.25) is 6.79 Å². The molecule has 114 valence electrons. The van der Waals surface area contributed by atoms with E-state index in [-0.39, 0.29) is 23.3 Å². The Morgan fingerprint density at radius 2 is 2.00 bits per heavy atom. The lowest BCUT2D eigenvalue weighted by Gasteiger charge is -2.18. The maximum atomic E-state index is 13.1. The second-order valence-corrected chi connectivity index (χ2v) is 5.38. The van der Waals surface area contributed by atoms with E-state index in [1.165, 1.54) is 17.0 Å². The van der Waals surface area contributed by atoms with Crippen LogP contribution in [0.3, 0.4) is 0 Å². The number of benzene rings is 2. The highest BCUT2D eigenvalue weighted by atomic mass is 35.5. The van der Waals surface area contributed by atoms with E-state index in [1.54, 1.807) is 13.1 Å². The van der Waals surface area contributed by atoms with Gasteiger partial charge in [0.1, 0.15) is 5.82 Å². The first-order chi connectivity index (χ1) is 10.5. The number of carbonyl (C=O) groups is 1. The third kappa shape index (κ3) is 2.85. The molecule has 3 rings (SSSR count). The highest BCUT2D eigenvalue weighted by molar-refractivity contribution is 6.33. The minimum absolute atomic E-state index is 0.0996. The Kier molecular flexibility index (Phi) is 3.90. The van der Waals surface area contributed by atoms with Crippen LogP contribution in [0.25, 0.3) is 0 Å². The normalized spacial score (nSPS) is 12.3. The summed E-state index contributed by atoms with van der Waals surface area (Å²) < 4.78 is 23.6. The Balaban J connectivity index is 1.76. The zero-order chi connectivity index (χ0) is 15.7. The lowest BCUT2D eigenvalue weighted by molar-refractivity contribution is 0.0785. The van der Waals surface area contributed by atoms with Crippen molar-refractivity contribution in [2.75, 3.05) is 13.8 Å². The van der Waals surface area contributed by atoms with Gasteiger partial charge in [0.25, 0.3) is 5.91 Å². The summed E-state index contributed by atoms with van der Waals surface area (Å²) in [6.45, 7) is 0.585. The van der Waals surface area contributed by atoms with E-state index >= 15 is 0 Å². The maximum absolute atomic E-state index is 13.1. The van der Waals surface area contributed by atoms with Crippen molar-refractivity contribution in [3.8, 4) is 11.5 Å². The summed E-state index contributed by atoms with van der Waals surface area (Å²) in [4.78, 5) is 13.9. The van der Waals surface area contributed by atoms with Crippen LogP contribution < -0.4 is 9.47 Å². The molecule has 2 aromatic rings. The molecule has 0 bridgehead atoms. The average Bonchev–Trinajstić information content (AvgIpc) is 2.94. The molecule has 1 amide bonds. The van der Waals surface area contributed by atoms with Crippen molar-refractivity contribution in [3.05, 3.63) is 58.4 Å². The smallest absolute Gasteiger partial charge is 0.255 e. The summed E-state index contributed by atoms with van der Waals surface area (Å²) in [6, 6.07) is 9.23. The summed E-state index contributed by atoms with van der Waals surface area (Å²) in [7, 11) is 1.66. The minimum Gasteiger partial charge on any atom is -0.454 e. The topological polar surface area (TPSA) is 38.8 Å². The number of amides is 1. The lowest BCUT2D eigenvalue weighted by atomic mass is 10.1. The van der Waals surface area contributed by atoms with Crippen LogP contribution >= 0.6 is 11.6 Å². The van der Waals surface area contributed by atoms with Crippen molar-refractivity contribution in [1.29, 1.82) is 0 Å². The van der Waals surface area contributed by atoms with Crippen LogP contribution in [0.1, 0.15) is 15.9 Å². The number of ether oxygens (including phenoxy) is 2. The number of halogens is 2. The van der Waals surface area contributed by atoms with Gasteiger partial charge in [-0.25, -0.2) is 4.39 Å². The highest BCUT2D eigenvalue weighted by Gasteiger charge is 2.18. The fourth-order valence-electron chi connectivity index (χ4n) is 2.25. The summed E-state index contributed by atoms with van der Waals surface area (Å²) >= 11 is 5.92. The van der Waals surface area contributed by atoms with Gasteiger partial charge in [-0.1, -0.05) is 17.7 Å². The van der Waals surface area contributed by atoms with E-state index < -0.39 is 5.82 Å². The van der Waals surface area contributed by atoms with E-state index in [0.29, 0.717) is 18.0 Å². The predicted octanol–water partition coefficient (Wildman–Crippen LogP) is 3.48. The summed E-state index contributed by atoms with van der Waals surface area (Å²) in [6.07, 6.45) is 0. The van der Waals surface area contributed by atoms with Gasteiger partial charge in [0.15, 0.2) is 11.5 Å². The predicted molar refractivity (Wildman–Crippen MR) is 79.8 cm³/mol. The molecule has 1 aliphatic rings. The molecule has 0 spiro atoms. The van der Waals surface area contributed by atoms with E-state index in [0.717, 1.165) is 11.6 Å². The third-order valence-corrected chi connectivity index (χ3v) is 3.68. The average molecular weight is 322 g/mol. The van der Waals surface area contributed by atoms with Crippen LogP contribution in [-0.4, -0.2) is 24.6 Å². The molecule has 0 atom stereocenters. The summed E-state index contributed by atoms with van der Waals surface area (Å²) in [5.41, 5.74) is 1.17. The number of fused-ring (bicyclic) bond motifs is 1. The summed E-state index contributed by atoms with van der Waals surface area (Å²) in [5, 5.41) is 0.0996. The summed E-state index contributed by atoms with van der Waals surface area (Å²) in [5.74, 6) is 0.611. The van der Waals surface area contributed by atoms with Crippen LogP contribution in [0.4, 0.5) is 4.39 Å². The Morgan fingerprint density at radius 1 is 1.23 bits per heavy atom. The Labute approximate surface area is 132 Å². The van der Waals surface area contributed by atoms with Crippen molar-refractivity contribution in [3.63, 3.8) is 0 Å². The number of nitrogens with zero attached hydrogens (tertiary/aromatic N) is 1. The fraction of sp³-hybridized carbons (Fsp3) is 0.188. The molecule has 0 fully saturated rings. The third-order valence-electron chi connectivity index (χ3n) is 3.36. The molecule has 6 heteroatoms. The van der Waals surface area contributed by atoms with Crippen molar-refractivity contribution < 1.29 is 18.7 Å².